The van der Waals surface area contributed by atoms with Crippen molar-refractivity contribution in [3.8, 4) is 46.8 Å². The summed E-state index contributed by atoms with van der Waals surface area (Å²) in [4.78, 5) is 42.4. The van der Waals surface area contributed by atoms with Crippen molar-refractivity contribution in [3.05, 3.63) is 93.8 Å². The van der Waals surface area contributed by atoms with E-state index in [1.54, 1.807) is 48.5 Å². The fourth-order valence-corrected chi connectivity index (χ4v) is 6.44. The molecule has 2 aliphatic carbocycles. The second-order valence-electron chi connectivity index (χ2n) is 10.1. The highest BCUT2D eigenvalue weighted by Crippen LogP contribution is 2.59. The van der Waals surface area contributed by atoms with Crippen LogP contribution in [0.4, 0.5) is 0 Å². The van der Waals surface area contributed by atoms with Gasteiger partial charge in [-0.15, -0.1) is 0 Å². The van der Waals surface area contributed by atoms with Crippen molar-refractivity contribution < 1.29 is 19.4 Å². The van der Waals surface area contributed by atoms with E-state index in [1.807, 2.05) is 24.3 Å². The summed E-state index contributed by atoms with van der Waals surface area (Å²) in [7, 11) is 0. The Balaban J connectivity index is 1.73. The molecule has 0 fully saturated rings. The molecular formula is C31H16N8O4. The first-order valence-corrected chi connectivity index (χ1v) is 12.8. The molecule has 0 amide bonds. The van der Waals surface area contributed by atoms with Gasteiger partial charge in [0.1, 0.15) is 30.9 Å². The maximum absolute atomic E-state index is 12.7. The molecule has 6 rings (SSSR count). The van der Waals surface area contributed by atoms with E-state index in [0.29, 0.717) is 27.9 Å². The number of fused-ring (bicyclic) bond motifs is 6. The van der Waals surface area contributed by atoms with Crippen molar-refractivity contribution >= 4 is 12.4 Å². The van der Waals surface area contributed by atoms with Gasteiger partial charge in [-0.3, -0.25) is 9.59 Å². The number of nitriles is 4. The lowest BCUT2D eigenvalue weighted by atomic mass is 9.63. The van der Waals surface area contributed by atoms with Crippen LogP contribution in [-0.4, -0.2) is 44.1 Å². The topological polar surface area (TPSA) is 210 Å². The molecule has 1 N–H and O–H groups in total. The molecule has 0 aliphatic heterocycles. The summed E-state index contributed by atoms with van der Waals surface area (Å²) in [6, 6.07) is 21.6. The largest absolute Gasteiger partial charge is 0.481 e. The van der Waals surface area contributed by atoms with Crippen molar-refractivity contribution in [1.82, 2.24) is 19.9 Å². The van der Waals surface area contributed by atoms with E-state index in [9.17, 15) is 35.7 Å². The van der Waals surface area contributed by atoms with Crippen LogP contribution in [0, 0.1) is 45.3 Å². The summed E-state index contributed by atoms with van der Waals surface area (Å²) < 4.78 is 5.41. The lowest BCUT2D eigenvalue weighted by molar-refractivity contribution is -0.138. The first-order chi connectivity index (χ1) is 20.9. The van der Waals surface area contributed by atoms with E-state index in [2.05, 4.69) is 19.9 Å². The summed E-state index contributed by atoms with van der Waals surface area (Å²) in [5, 5.41) is 49.3. The minimum atomic E-state index is -1.48. The molecule has 43 heavy (non-hydrogen) atoms. The van der Waals surface area contributed by atoms with Crippen LogP contribution in [0.5, 0.6) is 0 Å². The van der Waals surface area contributed by atoms with E-state index >= 15 is 0 Å². The first kappa shape index (κ1) is 26.7. The Morgan fingerprint density at radius 3 is 1.65 bits per heavy atom. The standard InChI is InChI=1S/C31H16N8O4/c32-10-21-23(12-34)38-28-26(36-21)17-5-1-3-7-19(17)30(28,9-25(41)42)14-31(15-43-16-40)20-8-4-2-6-18(20)27-29(31)39-24(13-35)22(11-33)37-27/h1-8,16H,9,14-15H2,(H,41,42). The van der Waals surface area contributed by atoms with Crippen LogP contribution in [-0.2, 0) is 25.2 Å². The minimum absolute atomic E-state index is 0.120. The third kappa shape index (κ3) is 3.72. The highest BCUT2D eigenvalue weighted by atomic mass is 16.5. The number of carbonyl (C=O) groups excluding carboxylic acids is 1. The maximum atomic E-state index is 12.7. The molecule has 204 valence electrons. The number of aliphatic carboxylic acids is 1. The molecule has 0 spiro atoms. The average molecular weight is 565 g/mol. The molecule has 2 unspecified atom stereocenters. The van der Waals surface area contributed by atoms with Gasteiger partial charge in [-0.25, -0.2) is 19.9 Å². The molecule has 2 aliphatic rings. The zero-order valence-electron chi connectivity index (χ0n) is 22.1. The molecule has 2 heterocycles. The number of nitrogens with zero attached hydrogens (tertiary/aromatic N) is 8. The number of carboxylic acid groups (broad SMARTS) is 1. The number of carboxylic acids is 1. The second kappa shape index (κ2) is 9.85. The highest BCUT2D eigenvalue weighted by molar-refractivity contribution is 5.84. The molecule has 12 heteroatoms. The van der Waals surface area contributed by atoms with Gasteiger partial charge in [0.25, 0.3) is 6.47 Å². The van der Waals surface area contributed by atoms with E-state index in [-0.39, 0.29) is 59.4 Å². The molecule has 0 saturated carbocycles. The van der Waals surface area contributed by atoms with Gasteiger partial charge < -0.3 is 9.84 Å². The first-order valence-electron chi connectivity index (χ1n) is 12.8. The predicted molar refractivity (Wildman–Crippen MR) is 144 cm³/mol. The third-order valence-electron chi connectivity index (χ3n) is 7.97. The van der Waals surface area contributed by atoms with E-state index < -0.39 is 23.2 Å². The monoisotopic (exact) mass is 564 g/mol. The number of carbonyl (C=O) groups is 2. The average Bonchev–Trinajstić information content (AvgIpc) is 3.44. The van der Waals surface area contributed by atoms with Crippen LogP contribution in [0.2, 0.25) is 0 Å². The molecule has 2 atom stereocenters. The van der Waals surface area contributed by atoms with E-state index in [1.165, 1.54) is 0 Å². The lowest BCUT2D eigenvalue weighted by Gasteiger charge is -2.39. The fourth-order valence-electron chi connectivity index (χ4n) is 6.44. The van der Waals surface area contributed by atoms with Crippen LogP contribution < -0.4 is 0 Å². The summed E-state index contributed by atoms with van der Waals surface area (Å²) in [6.45, 7) is -0.0581. The Morgan fingerprint density at radius 1 is 0.744 bits per heavy atom. The molecule has 12 nitrogen and oxygen atoms in total. The Labute approximate surface area is 243 Å². The zero-order chi connectivity index (χ0) is 30.4. The van der Waals surface area contributed by atoms with E-state index in [0.717, 1.165) is 0 Å². The Bertz CT molecular complexity index is 2070. The van der Waals surface area contributed by atoms with E-state index in [4.69, 9.17) is 4.74 Å². The molecule has 0 bridgehead atoms. The Kier molecular flexibility index (Phi) is 6.12. The van der Waals surface area contributed by atoms with Gasteiger partial charge in [0.2, 0.25) is 0 Å². The molecule has 2 aromatic heterocycles. The summed E-state index contributed by atoms with van der Waals surface area (Å²) in [5.41, 5.74) is -0.582. The number of benzene rings is 2. The molecule has 0 saturated heterocycles. The SMILES string of the molecule is N#Cc1nc2c(nc1C#N)C(COC=O)(CC1(CC(=O)O)c3ccccc3-c3nc(C#N)c(C#N)nc31)c1ccccc1-2. The smallest absolute Gasteiger partial charge is 0.304 e. The van der Waals surface area contributed by atoms with Gasteiger partial charge in [-0.1, -0.05) is 48.5 Å². The van der Waals surface area contributed by atoms with Gasteiger partial charge in [-0.2, -0.15) is 21.0 Å². The van der Waals surface area contributed by atoms with Crippen molar-refractivity contribution in [1.29, 1.82) is 21.0 Å². The number of hydrogen-bond acceptors (Lipinski definition) is 11. The molecule has 0 radical (unpaired) electrons. The number of aromatic nitrogens is 4. The lowest BCUT2D eigenvalue weighted by Crippen LogP contribution is -2.43. The summed E-state index contributed by atoms with van der Waals surface area (Å²) in [5.74, 6) is -1.19. The van der Waals surface area contributed by atoms with Gasteiger partial charge in [0.15, 0.2) is 22.8 Å². The number of ether oxygens (including phenoxy) is 1. The normalized spacial score (nSPS) is 18.4. The van der Waals surface area contributed by atoms with Crippen LogP contribution in [0.3, 0.4) is 0 Å². The third-order valence-corrected chi connectivity index (χ3v) is 7.97. The van der Waals surface area contributed by atoms with Crippen LogP contribution in [0.1, 0.15) is 58.1 Å². The van der Waals surface area contributed by atoms with Crippen molar-refractivity contribution in [3.63, 3.8) is 0 Å². The predicted octanol–water partition coefficient (Wildman–Crippen LogP) is 3.02. The van der Waals surface area contributed by atoms with Crippen LogP contribution in [0.25, 0.3) is 22.5 Å². The molecule has 4 aromatic rings. The Morgan fingerprint density at radius 2 is 1.19 bits per heavy atom. The molecule has 2 aromatic carbocycles. The highest BCUT2D eigenvalue weighted by Gasteiger charge is 2.57. The quantitative estimate of drug-likeness (QED) is 0.321. The van der Waals surface area contributed by atoms with Crippen LogP contribution in [0.15, 0.2) is 48.5 Å². The van der Waals surface area contributed by atoms with Crippen molar-refractivity contribution in [2.75, 3.05) is 6.61 Å². The second-order valence-corrected chi connectivity index (χ2v) is 10.1. The number of hydrogen-bond donors (Lipinski definition) is 1. The Hall–Kier alpha value is -6.50. The zero-order valence-corrected chi connectivity index (χ0v) is 22.1. The molecular weight excluding hydrogens is 548 g/mol. The summed E-state index contributed by atoms with van der Waals surface area (Å²) in [6.07, 6.45) is -0.636. The minimum Gasteiger partial charge on any atom is -0.481 e. The van der Waals surface area contributed by atoms with Gasteiger partial charge >= 0.3 is 5.97 Å². The fraction of sp³-hybridized carbons (Fsp3) is 0.161. The number of rotatable bonds is 7. The maximum Gasteiger partial charge on any atom is 0.304 e. The van der Waals surface area contributed by atoms with Gasteiger partial charge in [0.05, 0.1) is 40.0 Å². The van der Waals surface area contributed by atoms with Gasteiger partial charge in [0, 0.05) is 11.1 Å². The van der Waals surface area contributed by atoms with Gasteiger partial charge in [-0.05, 0) is 17.5 Å². The van der Waals surface area contributed by atoms with Crippen molar-refractivity contribution in [2.45, 2.75) is 23.7 Å². The van der Waals surface area contributed by atoms with Crippen molar-refractivity contribution in [2.24, 2.45) is 0 Å². The summed E-state index contributed by atoms with van der Waals surface area (Å²) >= 11 is 0. The van der Waals surface area contributed by atoms with Crippen LogP contribution >= 0.6 is 0 Å².